The third-order valence-electron chi connectivity index (χ3n) is 3.16. The van der Waals surface area contributed by atoms with Crippen LogP contribution in [0.2, 0.25) is 0 Å². The Morgan fingerprint density at radius 2 is 1.84 bits per heavy atom. The van der Waals surface area contributed by atoms with Crippen LogP contribution < -0.4 is 11.1 Å². The van der Waals surface area contributed by atoms with Gasteiger partial charge in [-0.15, -0.1) is 10.2 Å². The summed E-state index contributed by atoms with van der Waals surface area (Å²) in [5.41, 5.74) is 7.42. The SMILES string of the molecule is CC(C)(C)C(CCN)Nc1nnc2ccccc2n1. The number of para-hydroxylation sites is 1. The second-order valence-corrected chi connectivity index (χ2v) is 5.76. The van der Waals surface area contributed by atoms with E-state index in [9.17, 15) is 0 Å². The van der Waals surface area contributed by atoms with Crippen molar-refractivity contribution >= 4 is 17.0 Å². The van der Waals surface area contributed by atoms with Crippen LogP contribution in [0, 0.1) is 5.41 Å². The van der Waals surface area contributed by atoms with Crippen molar-refractivity contribution in [2.75, 3.05) is 11.9 Å². The van der Waals surface area contributed by atoms with E-state index in [1.807, 2.05) is 24.3 Å². The van der Waals surface area contributed by atoms with Gasteiger partial charge in [-0.1, -0.05) is 32.9 Å². The lowest BCUT2D eigenvalue weighted by Gasteiger charge is -2.31. The molecule has 0 bridgehead atoms. The Kier molecular flexibility index (Phi) is 3.95. The summed E-state index contributed by atoms with van der Waals surface area (Å²) in [5.74, 6) is 0.562. The van der Waals surface area contributed by atoms with Gasteiger partial charge < -0.3 is 11.1 Å². The molecule has 0 fully saturated rings. The highest BCUT2D eigenvalue weighted by Crippen LogP contribution is 2.24. The summed E-state index contributed by atoms with van der Waals surface area (Å²) in [6, 6.07) is 7.94. The van der Waals surface area contributed by atoms with Crippen LogP contribution in [-0.4, -0.2) is 27.8 Å². The summed E-state index contributed by atoms with van der Waals surface area (Å²) in [5, 5.41) is 11.6. The van der Waals surface area contributed by atoms with Gasteiger partial charge in [-0.25, -0.2) is 4.98 Å². The minimum Gasteiger partial charge on any atom is -0.350 e. The predicted octanol–water partition coefficient (Wildman–Crippen LogP) is 2.20. The number of hydrogen-bond acceptors (Lipinski definition) is 5. The molecule has 1 atom stereocenters. The summed E-state index contributed by atoms with van der Waals surface area (Å²) >= 11 is 0. The molecule has 0 aliphatic rings. The molecule has 5 nitrogen and oxygen atoms in total. The highest BCUT2D eigenvalue weighted by Gasteiger charge is 2.24. The molecule has 102 valence electrons. The molecule has 0 radical (unpaired) electrons. The van der Waals surface area contributed by atoms with Crippen LogP contribution in [0.4, 0.5) is 5.95 Å². The highest BCUT2D eigenvalue weighted by molar-refractivity contribution is 5.74. The third-order valence-corrected chi connectivity index (χ3v) is 3.16. The van der Waals surface area contributed by atoms with E-state index in [4.69, 9.17) is 5.73 Å². The molecule has 0 aliphatic carbocycles. The average Bonchev–Trinajstić information content (AvgIpc) is 2.37. The lowest BCUT2D eigenvalue weighted by Crippen LogP contribution is -2.36. The first-order chi connectivity index (χ1) is 9.00. The van der Waals surface area contributed by atoms with Crippen LogP contribution in [0.3, 0.4) is 0 Å². The third kappa shape index (κ3) is 3.38. The summed E-state index contributed by atoms with van der Waals surface area (Å²) in [7, 11) is 0. The maximum atomic E-state index is 5.67. The van der Waals surface area contributed by atoms with Crippen molar-refractivity contribution in [3.8, 4) is 0 Å². The molecule has 2 aromatic rings. The Morgan fingerprint density at radius 1 is 1.16 bits per heavy atom. The van der Waals surface area contributed by atoms with Crippen molar-refractivity contribution in [1.29, 1.82) is 0 Å². The Bertz CT molecular complexity index is 547. The molecule has 1 aromatic carbocycles. The predicted molar refractivity (Wildman–Crippen MR) is 77.9 cm³/mol. The topological polar surface area (TPSA) is 76.7 Å². The normalized spacial score (nSPS) is 13.5. The monoisotopic (exact) mass is 259 g/mol. The first kappa shape index (κ1) is 13.7. The zero-order valence-corrected chi connectivity index (χ0v) is 11.7. The number of nitrogens with zero attached hydrogens (tertiary/aromatic N) is 3. The lowest BCUT2D eigenvalue weighted by atomic mass is 9.85. The first-order valence-corrected chi connectivity index (χ1v) is 6.57. The van der Waals surface area contributed by atoms with Gasteiger partial charge in [0.1, 0.15) is 5.52 Å². The first-order valence-electron chi connectivity index (χ1n) is 6.57. The average molecular weight is 259 g/mol. The second-order valence-electron chi connectivity index (χ2n) is 5.76. The van der Waals surface area contributed by atoms with Crippen molar-refractivity contribution < 1.29 is 0 Å². The number of fused-ring (bicyclic) bond motifs is 1. The van der Waals surface area contributed by atoms with Crippen molar-refractivity contribution in [3.05, 3.63) is 24.3 Å². The number of aromatic nitrogens is 3. The van der Waals surface area contributed by atoms with E-state index in [0.29, 0.717) is 12.5 Å². The molecule has 0 amide bonds. The molecule has 0 saturated heterocycles. The van der Waals surface area contributed by atoms with Gasteiger partial charge in [0, 0.05) is 6.04 Å². The van der Waals surface area contributed by atoms with Gasteiger partial charge in [0.15, 0.2) is 0 Å². The molecule has 0 saturated carbocycles. The second kappa shape index (κ2) is 5.48. The van der Waals surface area contributed by atoms with Gasteiger partial charge in [-0.05, 0) is 30.5 Å². The van der Waals surface area contributed by atoms with E-state index < -0.39 is 0 Å². The molecule has 2 rings (SSSR count). The Morgan fingerprint density at radius 3 is 2.47 bits per heavy atom. The maximum Gasteiger partial charge on any atom is 0.243 e. The van der Waals surface area contributed by atoms with E-state index >= 15 is 0 Å². The molecule has 1 unspecified atom stereocenters. The van der Waals surface area contributed by atoms with Crippen LogP contribution in [0.15, 0.2) is 24.3 Å². The van der Waals surface area contributed by atoms with Gasteiger partial charge in [-0.3, -0.25) is 0 Å². The molecule has 1 heterocycles. The van der Waals surface area contributed by atoms with E-state index in [1.165, 1.54) is 0 Å². The maximum absolute atomic E-state index is 5.67. The van der Waals surface area contributed by atoms with Gasteiger partial charge in [0.2, 0.25) is 5.95 Å². The van der Waals surface area contributed by atoms with Gasteiger partial charge >= 0.3 is 0 Å². The van der Waals surface area contributed by atoms with Gasteiger partial charge in [0.05, 0.1) is 5.52 Å². The summed E-state index contributed by atoms with van der Waals surface area (Å²) in [6.45, 7) is 7.16. The van der Waals surface area contributed by atoms with Crippen LogP contribution >= 0.6 is 0 Å². The molecular formula is C14H21N5. The van der Waals surface area contributed by atoms with Crippen LogP contribution in [0.25, 0.3) is 11.0 Å². The Hall–Kier alpha value is -1.75. The molecule has 5 heteroatoms. The van der Waals surface area contributed by atoms with Crippen molar-refractivity contribution in [3.63, 3.8) is 0 Å². The zero-order valence-electron chi connectivity index (χ0n) is 11.7. The number of rotatable bonds is 4. The quantitative estimate of drug-likeness (QED) is 0.880. The van der Waals surface area contributed by atoms with Crippen LogP contribution in [-0.2, 0) is 0 Å². The fraction of sp³-hybridized carbons (Fsp3) is 0.500. The number of nitrogens with two attached hydrogens (primary N) is 1. The van der Waals surface area contributed by atoms with E-state index in [1.54, 1.807) is 0 Å². The number of nitrogens with one attached hydrogen (secondary N) is 1. The summed E-state index contributed by atoms with van der Waals surface area (Å²) < 4.78 is 0. The van der Waals surface area contributed by atoms with Gasteiger partial charge in [0.25, 0.3) is 0 Å². The minimum atomic E-state index is 0.0916. The fourth-order valence-electron chi connectivity index (χ4n) is 1.99. The molecular weight excluding hydrogens is 238 g/mol. The Labute approximate surface area is 113 Å². The standard InChI is InChI=1S/C14H21N5/c1-14(2,3)12(8-9-15)17-13-16-10-6-4-5-7-11(10)18-19-13/h4-7,12H,8-9,15H2,1-3H3,(H,16,17,19). The van der Waals surface area contributed by atoms with E-state index in [2.05, 4.69) is 41.3 Å². The molecule has 19 heavy (non-hydrogen) atoms. The molecule has 3 N–H and O–H groups in total. The lowest BCUT2D eigenvalue weighted by molar-refractivity contribution is 0.327. The smallest absolute Gasteiger partial charge is 0.243 e. The van der Waals surface area contributed by atoms with Crippen molar-refractivity contribution in [2.24, 2.45) is 11.1 Å². The highest BCUT2D eigenvalue weighted by atomic mass is 15.2. The molecule has 1 aromatic heterocycles. The largest absolute Gasteiger partial charge is 0.350 e. The number of hydrogen-bond donors (Lipinski definition) is 2. The van der Waals surface area contributed by atoms with E-state index in [0.717, 1.165) is 17.5 Å². The van der Waals surface area contributed by atoms with Crippen molar-refractivity contribution in [2.45, 2.75) is 33.2 Å². The number of anilines is 1. The van der Waals surface area contributed by atoms with Crippen LogP contribution in [0.1, 0.15) is 27.2 Å². The van der Waals surface area contributed by atoms with Crippen molar-refractivity contribution in [1.82, 2.24) is 15.2 Å². The molecule has 0 spiro atoms. The zero-order chi connectivity index (χ0) is 13.9. The summed E-state index contributed by atoms with van der Waals surface area (Å²) in [6.07, 6.45) is 0.875. The fourth-order valence-corrected chi connectivity index (χ4v) is 1.99. The van der Waals surface area contributed by atoms with E-state index in [-0.39, 0.29) is 11.5 Å². The number of benzene rings is 1. The van der Waals surface area contributed by atoms with Crippen LogP contribution in [0.5, 0.6) is 0 Å². The molecule has 0 aliphatic heterocycles. The van der Waals surface area contributed by atoms with Gasteiger partial charge in [-0.2, -0.15) is 0 Å². The Balaban J connectivity index is 2.23. The minimum absolute atomic E-state index is 0.0916. The summed E-state index contributed by atoms with van der Waals surface area (Å²) in [4.78, 5) is 4.49.